The highest BCUT2D eigenvalue weighted by molar-refractivity contribution is 5.77. The number of rotatable bonds is 5. The molecule has 4 nitrogen and oxygen atoms in total. The summed E-state index contributed by atoms with van der Waals surface area (Å²) in [5, 5.41) is 2.65. The molecule has 0 spiro atoms. The van der Waals surface area contributed by atoms with Gasteiger partial charge in [-0.15, -0.1) is 0 Å². The van der Waals surface area contributed by atoms with Crippen molar-refractivity contribution in [1.82, 2.24) is 5.32 Å². The third-order valence-electron chi connectivity index (χ3n) is 2.56. The highest BCUT2D eigenvalue weighted by atomic mass is 16.5. The molecule has 0 aliphatic rings. The molecule has 100 valence electrons. The zero-order chi connectivity index (χ0) is 13.6. The van der Waals surface area contributed by atoms with Gasteiger partial charge in [-0.05, 0) is 23.1 Å². The lowest BCUT2D eigenvalue weighted by Crippen LogP contribution is -2.32. The topological polar surface area (TPSA) is 64.3 Å². The summed E-state index contributed by atoms with van der Waals surface area (Å²) < 4.78 is 5.38. The van der Waals surface area contributed by atoms with Crippen LogP contribution in [0.5, 0.6) is 5.75 Å². The minimum Gasteiger partial charge on any atom is -0.484 e. The summed E-state index contributed by atoms with van der Waals surface area (Å²) in [6.07, 6.45) is 0. The van der Waals surface area contributed by atoms with Gasteiger partial charge in [0.25, 0.3) is 5.91 Å². The molecule has 4 heteroatoms. The van der Waals surface area contributed by atoms with E-state index >= 15 is 0 Å². The number of carbonyl (C=O) groups excluding carboxylic acids is 1. The molecule has 1 amide bonds. The summed E-state index contributed by atoms with van der Waals surface area (Å²) in [5.74, 6) is 0.547. The van der Waals surface area contributed by atoms with Crippen molar-refractivity contribution < 1.29 is 9.53 Å². The third kappa shape index (κ3) is 4.75. The van der Waals surface area contributed by atoms with Gasteiger partial charge in [0.2, 0.25) is 0 Å². The smallest absolute Gasteiger partial charge is 0.257 e. The maximum absolute atomic E-state index is 11.3. The van der Waals surface area contributed by atoms with Crippen molar-refractivity contribution in [3.8, 4) is 5.75 Å². The zero-order valence-corrected chi connectivity index (χ0v) is 11.3. The lowest BCUT2D eigenvalue weighted by molar-refractivity contribution is -0.123. The number of carbonyl (C=O) groups is 1. The Bertz CT molecular complexity index is 380. The van der Waals surface area contributed by atoms with Crippen LogP contribution in [0.4, 0.5) is 0 Å². The molecule has 0 saturated heterocycles. The molecule has 0 saturated carbocycles. The number of nitrogens with two attached hydrogens (primary N) is 1. The van der Waals surface area contributed by atoms with Crippen LogP contribution in [-0.4, -0.2) is 25.6 Å². The normalized spacial score (nSPS) is 11.1. The van der Waals surface area contributed by atoms with Crippen molar-refractivity contribution in [1.29, 1.82) is 0 Å². The molecule has 0 atom stereocenters. The van der Waals surface area contributed by atoms with Gasteiger partial charge < -0.3 is 15.8 Å². The molecule has 0 heterocycles. The third-order valence-corrected chi connectivity index (χ3v) is 2.56. The molecular weight excluding hydrogens is 228 g/mol. The van der Waals surface area contributed by atoms with Crippen molar-refractivity contribution in [3.05, 3.63) is 29.8 Å². The molecule has 0 aromatic heterocycles. The van der Waals surface area contributed by atoms with E-state index in [2.05, 4.69) is 26.1 Å². The molecule has 18 heavy (non-hydrogen) atoms. The molecule has 0 unspecified atom stereocenters. The Hall–Kier alpha value is -1.55. The molecule has 0 radical (unpaired) electrons. The number of hydrogen-bond donors (Lipinski definition) is 2. The number of hydrogen-bond acceptors (Lipinski definition) is 3. The van der Waals surface area contributed by atoms with Crippen LogP contribution in [0.3, 0.4) is 0 Å². The SMILES string of the molecule is CC(C)(C)c1ccc(OCC(=O)NCCN)cc1. The van der Waals surface area contributed by atoms with E-state index in [9.17, 15) is 4.79 Å². The van der Waals surface area contributed by atoms with Crippen molar-refractivity contribution in [2.45, 2.75) is 26.2 Å². The van der Waals surface area contributed by atoms with Gasteiger partial charge in [-0.3, -0.25) is 4.79 Å². The average molecular weight is 250 g/mol. The van der Waals surface area contributed by atoms with Crippen LogP contribution in [-0.2, 0) is 10.2 Å². The van der Waals surface area contributed by atoms with E-state index < -0.39 is 0 Å². The summed E-state index contributed by atoms with van der Waals surface area (Å²) in [6, 6.07) is 7.81. The van der Waals surface area contributed by atoms with Crippen molar-refractivity contribution in [3.63, 3.8) is 0 Å². The van der Waals surface area contributed by atoms with Crippen molar-refractivity contribution >= 4 is 5.91 Å². The van der Waals surface area contributed by atoms with E-state index in [0.717, 1.165) is 0 Å². The first-order chi connectivity index (χ1) is 8.43. The molecule has 0 aliphatic heterocycles. The summed E-state index contributed by atoms with van der Waals surface area (Å²) in [5.41, 5.74) is 6.65. The van der Waals surface area contributed by atoms with Gasteiger partial charge in [-0.1, -0.05) is 32.9 Å². The van der Waals surface area contributed by atoms with E-state index in [4.69, 9.17) is 10.5 Å². The summed E-state index contributed by atoms with van der Waals surface area (Å²) in [4.78, 5) is 11.3. The van der Waals surface area contributed by atoms with Gasteiger partial charge >= 0.3 is 0 Å². The molecule has 1 aromatic rings. The molecule has 1 aromatic carbocycles. The Balaban J connectivity index is 2.47. The number of nitrogens with one attached hydrogen (secondary N) is 1. The van der Waals surface area contributed by atoms with Crippen LogP contribution >= 0.6 is 0 Å². The zero-order valence-electron chi connectivity index (χ0n) is 11.3. The quantitative estimate of drug-likeness (QED) is 0.831. The second-order valence-corrected chi connectivity index (χ2v) is 5.20. The molecular formula is C14H22N2O2. The largest absolute Gasteiger partial charge is 0.484 e. The van der Waals surface area contributed by atoms with E-state index in [-0.39, 0.29) is 17.9 Å². The molecule has 1 rings (SSSR count). The van der Waals surface area contributed by atoms with Crippen LogP contribution in [0.15, 0.2) is 24.3 Å². The predicted octanol–water partition coefficient (Wildman–Crippen LogP) is 1.44. The van der Waals surface area contributed by atoms with E-state index in [1.165, 1.54) is 5.56 Å². The standard InChI is InChI=1S/C14H22N2O2/c1-14(2,3)11-4-6-12(7-5-11)18-10-13(17)16-9-8-15/h4-7H,8-10,15H2,1-3H3,(H,16,17). The van der Waals surface area contributed by atoms with Gasteiger partial charge in [0.1, 0.15) is 5.75 Å². The van der Waals surface area contributed by atoms with Crippen LogP contribution in [0.25, 0.3) is 0 Å². The Kier molecular flexibility index (Phi) is 5.16. The maximum atomic E-state index is 11.3. The molecule has 0 bridgehead atoms. The second kappa shape index (κ2) is 6.40. The minimum atomic E-state index is -0.152. The van der Waals surface area contributed by atoms with Gasteiger partial charge in [0.15, 0.2) is 6.61 Å². The average Bonchev–Trinajstić information content (AvgIpc) is 2.33. The monoisotopic (exact) mass is 250 g/mol. The predicted molar refractivity (Wildman–Crippen MR) is 72.7 cm³/mol. The Morgan fingerprint density at radius 2 is 1.89 bits per heavy atom. The van der Waals surface area contributed by atoms with Gasteiger partial charge in [0.05, 0.1) is 0 Å². The van der Waals surface area contributed by atoms with Crippen LogP contribution < -0.4 is 15.8 Å². The Labute approximate surface area is 109 Å². The summed E-state index contributed by atoms with van der Waals surface area (Å²) in [6.45, 7) is 7.40. The second-order valence-electron chi connectivity index (χ2n) is 5.20. The Morgan fingerprint density at radius 3 is 2.39 bits per heavy atom. The lowest BCUT2D eigenvalue weighted by Gasteiger charge is -2.19. The van der Waals surface area contributed by atoms with Crippen molar-refractivity contribution in [2.24, 2.45) is 5.73 Å². The first-order valence-corrected chi connectivity index (χ1v) is 6.13. The highest BCUT2D eigenvalue weighted by Crippen LogP contribution is 2.24. The molecule has 0 aliphatic carbocycles. The van der Waals surface area contributed by atoms with Crippen LogP contribution in [0.2, 0.25) is 0 Å². The number of amides is 1. The van der Waals surface area contributed by atoms with Crippen LogP contribution in [0.1, 0.15) is 26.3 Å². The van der Waals surface area contributed by atoms with E-state index in [1.54, 1.807) is 0 Å². The Morgan fingerprint density at radius 1 is 1.28 bits per heavy atom. The maximum Gasteiger partial charge on any atom is 0.257 e. The fraction of sp³-hybridized carbons (Fsp3) is 0.500. The van der Waals surface area contributed by atoms with Gasteiger partial charge in [-0.2, -0.15) is 0 Å². The van der Waals surface area contributed by atoms with Crippen molar-refractivity contribution in [2.75, 3.05) is 19.7 Å². The van der Waals surface area contributed by atoms with Gasteiger partial charge in [-0.25, -0.2) is 0 Å². The summed E-state index contributed by atoms with van der Waals surface area (Å²) >= 11 is 0. The number of ether oxygens (including phenoxy) is 1. The van der Waals surface area contributed by atoms with E-state index in [0.29, 0.717) is 18.8 Å². The molecule has 0 fully saturated rings. The minimum absolute atomic E-state index is 0.0227. The van der Waals surface area contributed by atoms with Crippen LogP contribution in [0, 0.1) is 0 Å². The highest BCUT2D eigenvalue weighted by Gasteiger charge is 2.13. The van der Waals surface area contributed by atoms with E-state index in [1.807, 2.05) is 24.3 Å². The summed E-state index contributed by atoms with van der Waals surface area (Å²) in [7, 11) is 0. The lowest BCUT2D eigenvalue weighted by atomic mass is 9.87. The fourth-order valence-corrected chi connectivity index (χ4v) is 1.46. The first-order valence-electron chi connectivity index (χ1n) is 6.13. The van der Waals surface area contributed by atoms with Gasteiger partial charge in [0, 0.05) is 13.1 Å². The first kappa shape index (κ1) is 14.5. The molecule has 3 N–H and O–H groups in total. The fourth-order valence-electron chi connectivity index (χ4n) is 1.46. The number of benzene rings is 1.